The van der Waals surface area contributed by atoms with Crippen LogP contribution in [-0.2, 0) is 26.2 Å². The van der Waals surface area contributed by atoms with Gasteiger partial charge in [0.15, 0.2) is 0 Å². The molecule has 41 heavy (non-hydrogen) atoms. The average molecular weight is 600 g/mol. The van der Waals surface area contributed by atoms with Crippen molar-refractivity contribution in [2.45, 2.75) is 64.1 Å². The van der Waals surface area contributed by atoms with Gasteiger partial charge < -0.3 is 15.0 Å². The first-order valence-electron chi connectivity index (χ1n) is 13.6. The van der Waals surface area contributed by atoms with E-state index >= 15 is 0 Å². The molecule has 0 bridgehead atoms. The van der Waals surface area contributed by atoms with Crippen molar-refractivity contribution in [2.75, 3.05) is 18.0 Å². The standard InChI is InChI=1S/C31H38ClN3O5S/c1-6-23(4)33-31(37)29(7-2)34(20-24-10-8-13-27(18-24)40-5)30(36)21-35(26-12-9-11-25(32)19-26)41(38,39)28-16-14-22(3)15-17-28/h8-19,23,29H,6-7,20-21H2,1-5H3,(H,33,37)/t23-,29+/m0/s1. The summed E-state index contributed by atoms with van der Waals surface area (Å²) in [5.41, 5.74) is 1.88. The lowest BCUT2D eigenvalue weighted by molar-refractivity contribution is -0.140. The molecule has 0 aliphatic heterocycles. The fourth-order valence-electron chi connectivity index (χ4n) is 4.33. The smallest absolute Gasteiger partial charge is 0.264 e. The number of aryl methyl sites for hydroxylation is 1. The molecule has 8 nitrogen and oxygen atoms in total. The first kappa shape index (κ1) is 32.0. The Morgan fingerprint density at radius 2 is 1.66 bits per heavy atom. The Hall–Kier alpha value is -3.56. The molecule has 0 fully saturated rings. The van der Waals surface area contributed by atoms with Gasteiger partial charge in [-0.15, -0.1) is 0 Å². The van der Waals surface area contributed by atoms with E-state index in [9.17, 15) is 18.0 Å². The molecule has 0 saturated heterocycles. The Labute approximate surface area is 248 Å². The second-order valence-corrected chi connectivity index (χ2v) is 12.2. The molecule has 220 valence electrons. The van der Waals surface area contributed by atoms with Crippen molar-refractivity contribution in [3.8, 4) is 5.75 Å². The lowest BCUT2D eigenvalue weighted by Crippen LogP contribution is -2.53. The van der Waals surface area contributed by atoms with Gasteiger partial charge in [0.25, 0.3) is 10.0 Å². The van der Waals surface area contributed by atoms with Crippen LogP contribution in [-0.4, -0.2) is 50.9 Å². The predicted molar refractivity (Wildman–Crippen MR) is 163 cm³/mol. The second-order valence-electron chi connectivity index (χ2n) is 9.92. The maximum absolute atomic E-state index is 14.1. The van der Waals surface area contributed by atoms with Crippen LogP contribution in [0.1, 0.15) is 44.7 Å². The Morgan fingerprint density at radius 1 is 0.976 bits per heavy atom. The van der Waals surface area contributed by atoms with E-state index in [1.54, 1.807) is 55.6 Å². The summed E-state index contributed by atoms with van der Waals surface area (Å²) in [5.74, 6) is -0.224. The average Bonchev–Trinajstić information content (AvgIpc) is 2.95. The number of carbonyl (C=O) groups excluding carboxylic acids is 2. The molecular weight excluding hydrogens is 562 g/mol. The molecule has 2 amide bonds. The zero-order valence-corrected chi connectivity index (χ0v) is 25.7. The summed E-state index contributed by atoms with van der Waals surface area (Å²) in [6, 6.07) is 19.1. The van der Waals surface area contributed by atoms with E-state index in [1.165, 1.54) is 23.1 Å². The predicted octanol–water partition coefficient (Wildman–Crippen LogP) is 5.57. The van der Waals surface area contributed by atoms with E-state index in [0.29, 0.717) is 17.2 Å². The van der Waals surface area contributed by atoms with E-state index in [1.807, 2.05) is 33.8 Å². The molecule has 0 aliphatic carbocycles. The highest BCUT2D eigenvalue weighted by Crippen LogP contribution is 2.27. The van der Waals surface area contributed by atoms with Gasteiger partial charge in [0.1, 0.15) is 18.3 Å². The van der Waals surface area contributed by atoms with Crippen molar-refractivity contribution in [2.24, 2.45) is 0 Å². The number of methoxy groups -OCH3 is 1. The summed E-state index contributed by atoms with van der Waals surface area (Å²) in [6.45, 7) is 7.09. The van der Waals surface area contributed by atoms with E-state index in [-0.39, 0.29) is 29.1 Å². The number of nitrogens with one attached hydrogen (secondary N) is 1. The molecule has 1 N–H and O–H groups in total. The van der Waals surface area contributed by atoms with Crippen LogP contribution in [0.4, 0.5) is 5.69 Å². The molecule has 0 aromatic heterocycles. The summed E-state index contributed by atoms with van der Waals surface area (Å²) < 4.78 is 34.3. The molecule has 3 aromatic carbocycles. The Balaban J connectivity index is 2.07. The first-order valence-corrected chi connectivity index (χ1v) is 15.4. The van der Waals surface area contributed by atoms with Gasteiger partial charge in [-0.25, -0.2) is 8.42 Å². The van der Waals surface area contributed by atoms with E-state index in [4.69, 9.17) is 16.3 Å². The van der Waals surface area contributed by atoms with Gasteiger partial charge in [-0.1, -0.05) is 61.3 Å². The third kappa shape index (κ3) is 8.24. The number of rotatable bonds is 13. The van der Waals surface area contributed by atoms with Crippen LogP contribution < -0.4 is 14.4 Å². The molecule has 0 heterocycles. The monoisotopic (exact) mass is 599 g/mol. The van der Waals surface area contributed by atoms with Crippen LogP contribution in [0.25, 0.3) is 0 Å². The van der Waals surface area contributed by atoms with Gasteiger partial charge in [0.2, 0.25) is 11.8 Å². The molecule has 0 saturated carbocycles. The van der Waals surface area contributed by atoms with E-state index in [2.05, 4.69) is 5.32 Å². The molecule has 0 radical (unpaired) electrons. The third-order valence-electron chi connectivity index (χ3n) is 6.86. The topological polar surface area (TPSA) is 96.0 Å². The maximum Gasteiger partial charge on any atom is 0.264 e. The minimum atomic E-state index is -4.17. The number of benzene rings is 3. The summed E-state index contributed by atoms with van der Waals surface area (Å²) in [5, 5.41) is 3.30. The van der Waals surface area contributed by atoms with Gasteiger partial charge in [-0.3, -0.25) is 13.9 Å². The normalized spacial score (nSPS) is 12.7. The van der Waals surface area contributed by atoms with Crippen molar-refractivity contribution in [3.63, 3.8) is 0 Å². The molecule has 3 aromatic rings. The van der Waals surface area contributed by atoms with Crippen LogP contribution in [0.15, 0.2) is 77.7 Å². The number of ether oxygens (including phenoxy) is 1. The first-order chi connectivity index (χ1) is 19.5. The Bertz CT molecular complexity index is 1450. The maximum atomic E-state index is 14.1. The SMILES string of the molecule is CC[C@H](C(=O)N[C@@H](C)CC)N(Cc1cccc(OC)c1)C(=O)CN(c1cccc(Cl)c1)S(=O)(=O)c1ccc(C)cc1. The van der Waals surface area contributed by atoms with Crippen LogP contribution in [0.2, 0.25) is 5.02 Å². The highest BCUT2D eigenvalue weighted by Gasteiger charge is 2.34. The highest BCUT2D eigenvalue weighted by molar-refractivity contribution is 7.92. The van der Waals surface area contributed by atoms with Crippen molar-refractivity contribution >= 4 is 39.1 Å². The zero-order valence-electron chi connectivity index (χ0n) is 24.1. The molecule has 0 aliphatic rings. The van der Waals surface area contributed by atoms with Crippen LogP contribution >= 0.6 is 11.6 Å². The number of halogens is 1. The Morgan fingerprint density at radius 3 is 2.27 bits per heavy atom. The molecule has 0 spiro atoms. The fraction of sp³-hybridized carbons (Fsp3) is 0.355. The van der Waals surface area contributed by atoms with Gasteiger partial charge in [0, 0.05) is 17.6 Å². The molecule has 2 atom stereocenters. The number of nitrogens with zero attached hydrogens (tertiary/aromatic N) is 2. The summed E-state index contributed by atoms with van der Waals surface area (Å²) in [7, 11) is -2.62. The summed E-state index contributed by atoms with van der Waals surface area (Å²) >= 11 is 6.24. The van der Waals surface area contributed by atoms with Gasteiger partial charge in [0.05, 0.1) is 17.7 Å². The largest absolute Gasteiger partial charge is 0.497 e. The van der Waals surface area contributed by atoms with Crippen molar-refractivity contribution in [1.29, 1.82) is 0 Å². The second kappa shape index (κ2) is 14.4. The number of amides is 2. The lowest BCUT2D eigenvalue weighted by Gasteiger charge is -2.33. The lowest BCUT2D eigenvalue weighted by atomic mass is 10.1. The summed E-state index contributed by atoms with van der Waals surface area (Å²) in [4.78, 5) is 29.0. The number of hydrogen-bond donors (Lipinski definition) is 1. The number of anilines is 1. The minimum Gasteiger partial charge on any atom is -0.497 e. The van der Waals surface area contributed by atoms with Gasteiger partial charge >= 0.3 is 0 Å². The third-order valence-corrected chi connectivity index (χ3v) is 8.88. The summed E-state index contributed by atoms with van der Waals surface area (Å²) in [6.07, 6.45) is 1.06. The highest BCUT2D eigenvalue weighted by atomic mass is 35.5. The van der Waals surface area contributed by atoms with E-state index in [0.717, 1.165) is 21.9 Å². The zero-order chi connectivity index (χ0) is 30.2. The number of sulfonamides is 1. The van der Waals surface area contributed by atoms with Crippen LogP contribution in [0.5, 0.6) is 5.75 Å². The van der Waals surface area contributed by atoms with Gasteiger partial charge in [-0.2, -0.15) is 0 Å². The van der Waals surface area contributed by atoms with Gasteiger partial charge in [-0.05, 0) is 74.7 Å². The van der Waals surface area contributed by atoms with Crippen molar-refractivity contribution < 1.29 is 22.7 Å². The molecule has 0 unspecified atom stereocenters. The fourth-order valence-corrected chi connectivity index (χ4v) is 5.92. The van der Waals surface area contributed by atoms with E-state index < -0.39 is 28.5 Å². The van der Waals surface area contributed by atoms with Crippen molar-refractivity contribution in [3.05, 3.63) is 88.9 Å². The number of hydrogen-bond acceptors (Lipinski definition) is 5. The van der Waals surface area contributed by atoms with Crippen molar-refractivity contribution in [1.82, 2.24) is 10.2 Å². The number of carbonyl (C=O) groups is 2. The van der Waals surface area contributed by atoms with Crippen LogP contribution in [0, 0.1) is 6.92 Å². The quantitative estimate of drug-likeness (QED) is 0.277. The molecule has 3 rings (SSSR count). The van der Waals surface area contributed by atoms with Crippen LogP contribution in [0.3, 0.4) is 0 Å². The minimum absolute atomic E-state index is 0.0387. The Kier molecular flexibility index (Phi) is 11.2. The molecule has 10 heteroatoms. The molecular formula is C31H38ClN3O5S.